The molecule has 0 saturated heterocycles. The molecule has 0 amide bonds. The van der Waals surface area contributed by atoms with Gasteiger partial charge in [-0.1, -0.05) is 12.1 Å². The maximum atomic E-state index is 12.0. The van der Waals surface area contributed by atoms with Crippen molar-refractivity contribution in [2.24, 2.45) is 0 Å². The standard InChI is InChI=1S/C18H14N2O4S/c1-12(18-19-15-4-2-3-5-16(15)25-18)24-17(21)11-8-13-6-9-14(10-7-13)20(22)23/h2-12H,1H3/b11-8+/t12-/m1/s1. The van der Waals surface area contributed by atoms with E-state index >= 15 is 0 Å². The minimum atomic E-state index is -0.495. The van der Waals surface area contributed by atoms with Crippen LogP contribution in [0.15, 0.2) is 54.6 Å². The van der Waals surface area contributed by atoms with E-state index in [1.165, 1.54) is 29.5 Å². The van der Waals surface area contributed by atoms with Gasteiger partial charge in [0.2, 0.25) is 0 Å². The summed E-state index contributed by atoms with van der Waals surface area (Å²) < 4.78 is 6.41. The third-order valence-corrected chi connectivity index (χ3v) is 4.66. The predicted octanol–water partition coefficient (Wildman–Crippen LogP) is 4.52. The lowest BCUT2D eigenvalue weighted by atomic mass is 10.2. The van der Waals surface area contributed by atoms with Crippen LogP contribution in [0.4, 0.5) is 5.69 Å². The first kappa shape index (κ1) is 16.8. The molecule has 6 nitrogen and oxygen atoms in total. The van der Waals surface area contributed by atoms with Gasteiger partial charge in [0.1, 0.15) is 5.01 Å². The molecule has 1 aromatic heterocycles. The van der Waals surface area contributed by atoms with Crippen molar-refractivity contribution in [3.05, 3.63) is 75.3 Å². The third-order valence-electron chi connectivity index (χ3n) is 3.47. The topological polar surface area (TPSA) is 82.3 Å². The van der Waals surface area contributed by atoms with Gasteiger partial charge in [-0.15, -0.1) is 11.3 Å². The number of nitrogens with zero attached hydrogens (tertiary/aromatic N) is 2. The molecular formula is C18H14N2O4S. The van der Waals surface area contributed by atoms with E-state index in [0.717, 1.165) is 15.2 Å². The Bertz CT molecular complexity index is 914. The molecule has 7 heteroatoms. The van der Waals surface area contributed by atoms with E-state index in [9.17, 15) is 14.9 Å². The summed E-state index contributed by atoms with van der Waals surface area (Å²) in [5, 5.41) is 11.3. The Balaban J connectivity index is 1.63. The summed E-state index contributed by atoms with van der Waals surface area (Å²) in [6, 6.07) is 13.6. The average molecular weight is 354 g/mol. The Morgan fingerprint density at radius 3 is 2.64 bits per heavy atom. The fraction of sp³-hybridized carbons (Fsp3) is 0.111. The molecule has 1 atom stereocenters. The Labute approximate surface area is 147 Å². The molecule has 126 valence electrons. The molecule has 25 heavy (non-hydrogen) atoms. The Kier molecular flexibility index (Phi) is 4.85. The van der Waals surface area contributed by atoms with Gasteiger partial charge in [0.25, 0.3) is 5.69 Å². The van der Waals surface area contributed by atoms with Gasteiger partial charge in [0.05, 0.1) is 15.1 Å². The number of rotatable bonds is 5. The summed E-state index contributed by atoms with van der Waals surface area (Å²) in [5.41, 5.74) is 1.56. The maximum absolute atomic E-state index is 12.0. The average Bonchev–Trinajstić information content (AvgIpc) is 3.04. The lowest BCUT2D eigenvalue weighted by molar-refractivity contribution is -0.384. The molecule has 0 bridgehead atoms. The largest absolute Gasteiger partial charge is 0.452 e. The van der Waals surface area contributed by atoms with Crippen LogP contribution in [0.5, 0.6) is 0 Å². The van der Waals surface area contributed by atoms with Crippen LogP contribution in [0.25, 0.3) is 16.3 Å². The molecule has 0 unspecified atom stereocenters. The third kappa shape index (κ3) is 4.07. The molecule has 0 spiro atoms. The van der Waals surface area contributed by atoms with Gasteiger partial charge >= 0.3 is 5.97 Å². The first-order valence-electron chi connectivity index (χ1n) is 7.51. The summed E-state index contributed by atoms with van der Waals surface area (Å²) in [6.45, 7) is 1.77. The maximum Gasteiger partial charge on any atom is 0.331 e. The van der Waals surface area contributed by atoms with E-state index in [0.29, 0.717) is 5.56 Å². The number of carbonyl (C=O) groups excluding carboxylic acids is 1. The van der Waals surface area contributed by atoms with Crippen molar-refractivity contribution in [3.8, 4) is 0 Å². The number of nitro benzene ring substituents is 1. The molecule has 3 rings (SSSR count). The highest BCUT2D eigenvalue weighted by Crippen LogP contribution is 2.28. The molecule has 0 N–H and O–H groups in total. The highest BCUT2D eigenvalue weighted by atomic mass is 32.1. The van der Waals surface area contributed by atoms with Crippen molar-refractivity contribution in [3.63, 3.8) is 0 Å². The minimum Gasteiger partial charge on any atom is -0.452 e. The number of thiazole rings is 1. The van der Waals surface area contributed by atoms with Crippen LogP contribution in [0.3, 0.4) is 0 Å². The number of ether oxygens (including phenoxy) is 1. The summed E-state index contributed by atoms with van der Waals surface area (Å²) in [6.07, 6.45) is 2.40. The molecule has 0 saturated carbocycles. The SMILES string of the molecule is C[C@@H](OC(=O)/C=C/c1ccc([N+](=O)[O-])cc1)c1nc2ccccc2s1. The molecular weight excluding hydrogens is 340 g/mol. The Morgan fingerprint density at radius 1 is 1.24 bits per heavy atom. The quantitative estimate of drug-likeness (QED) is 0.291. The number of esters is 1. The first-order valence-corrected chi connectivity index (χ1v) is 8.33. The van der Waals surface area contributed by atoms with Gasteiger partial charge in [0.15, 0.2) is 6.10 Å². The predicted molar refractivity (Wildman–Crippen MR) is 96.3 cm³/mol. The van der Waals surface area contributed by atoms with Crippen LogP contribution >= 0.6 is 11.3 Å². The number of fused-ring (bicyclic) bond motifs is 1. The summed E-state index contributed by atoms with van der Waals surface area (Å²) in [7, 11) is 0. The number of hydrogen-bond acceptors (Lipinski definition) is 6. The smallest absolute Gasteiger partial charge is 0.331 e. The van der Waals surface area contributed by atoms with Crippen LogP contribution in [0.1, 0.15) is 23.6 Å². The second-order valence-electron chi connectivity index (χ2n) is 5.28. The molecule has 0 aliphatic heterocycles. The second kappa shape index (κ2) is 7.23. The summed E-state index contributed by atoms with van der Waals surface area (Å²) >= 11 is 1.49. The molecule has 2 aromatic carbocycles. The van der Waals surface area contributed by atoms with E-state index < -0.39 is 17.0 Å². The number of nitro groups is 1. The minimum absolute atomic E-state index is 0.00387. The van der Waals surface area contributed by atoms with Crippen molar-refractivity contribution in [2.75, 3.05) is 0 Å². The van der Waals surface area contributed by atoms with Crippen LogP contribution in [0.2, 0.25) is 0 Å². The van der Waals surface area contributed by atoms with E-state index in [2.05, 4.69) is 4.98 Å². The molecule has 0 radical (unpaired) electrons. The van der Waals surface area contributed by atoms with Crippen molar-refractivity contribution >= 4 is 39.3 Å². The molecule has 0 fully saturated rings. The molecule has 1 heterocycles. The number of non-ortho nitro benzene ring substituents is 1. The van der Waals surface area contributed by atoms with Crippen LogP contribution in [0, 0.1) is 10.1 Å². The normalized spacial score (nSPS) is 12.4. The van der Waals surface area contributed by atoms with Gasteiger partial charge in [0, 0.05) is 18.2 Å². The molecule has 0 aliphatic rings. The van der Waals surface area contributed by atoms with Gasteiger partial charge in [-0.05, 0) is 42.8 Å². The fourth-order valence-corrected chi connectivity index (χ4v) is 3.15. The van der Waals surface area contributed by atoms with Crippen molar-refractivity contribution in [1.29, 1.82) is 0 Å². The highest BCUT2D eigenvalue weighted by Gasteiger charge is 2.14. The highest BCUT2D eigenvalue weighted by molar-refractivity contribution is 7.18. The number of carbonyl (C=O) groups is 1. The summed E-state index contributed by atoms with van der Waals surface area (Å²) in [5.74, 6) is -0.495. The molecule has 0 aliphatic carbocycles. The monoisotopic (exact) mass is 354 g/mol. The van der Waals surface area contributed by atoms with E-state index in [-0.39, 0.29) is 5.69 Å². The Morgan fingerprint density at radius 2 is 1.96 bits per heavy atom. The van der Waals surface area contributed by atoms with E-state index in [1.807, 2.05) is 24.3 Å². The first-order chi connectivity index (χ1) is 12.0. The van der Waals surface area contributed by atoms with Crippen LogP contribution < -0.4 is 0 Å². The van der Waals surface area contributed by atoms with Crippen molar-refractivity contribution in [1.82, 2.24) is 4.98 Å². The number of hydrogen-bond donors (Lipinski definition) is 0. The van der Waals surface area contributed by atoms with Crippen LogP contribution in [-0.2, 0) is 9.53 Å². The van der Waals surface area contributed by atoms with Gasteiger partial charge in [-0.3, -0.25) is 10.1 Å². The lowest BCUT2D eigenvalue weighted by Crippen LogP contribution is -2.05. The number of para-hydroxylation sites is 1. The number of benzene rings is 2. The van der Waals surface area contributed by atoms with Gasteiger partial charge < -0.3 is 4.74 Å². The fourth-order valence-electron chi connectivity index (χ4n) is 2.20. The zero-order valence-electron chi connectivity index (χ0n) is 13.3. The van der Waals surface area contributed by atoms with E-state index in [1.54, 1.807) is 25.1 Å². The van der Waals surface area contributed by atoms with Crippen molar-refractivity contribution < 1.29 is 14.5 Å². The van der Waals surface area contributed by atoms with Crippen LogP contribution in [-0.4, -0.2) is 15.9 Å². The summed E-state index contributed by atoms with van der Waals surface area (Å²) in [4.78, 5) is 26.6. The molecule has 3 aromatic rings. The van der Waals surface area contributed by atoms with Gasteiger partial charge in [-0.25, -0.2) is 9.78 Å². The zero-order valence-corrected chi connectivity index (χ0v) is 14.1. The van der Waals surface area contributed by atoms with Crippen molar-refractivity contribution in [2.45, 2.75) is 13.0 Å². The van der Waals surface area contributed by atoms with Gasteiger partial charge in [-0.2, -0.15) is 0 Å². The lowest BCUT2D eigenvalue weighted by Gasteiger charge is -2.08. The second-order valence-corrected chi connectivity index (χ2v) is 6.34. The van der Waals surface area contributed by atoms with E-state index in [4.69, 9.17) is 4.74 Å². The number of aromatic nitrogens is 1. The zero-order chi connectivity index (χ0) is 17.8. The Hall–Kier alpha value is -3.06.